The van der Waals surface area contributed by atoms with E-state index in [1.54, 1.807) is 17.8 Å². The normalized spacial score (nSPS) is 11.8. The third-order valence-electron chi connectivity index (χ3n) is 4.33. The molecule has 5 heteroatoms. The van der Waals surface area contributed by atoms with Gasteiger partial charge in [-0.15, -0.1) is 11.8 Å². The van der Waals surface area contributed by atoms with Gasteiger partial charge in [-0.1, -0.05) is 89.4 Å². The van der Waals surface area contributed by atoms with E-state index in [0.717, 1.165) is 16.7 Å². The molecule has 0 heterocycles. The Hall–Kier alpha value is -1.94. The van der Waals surface area contributed by atoms with Gasteiger partial charge < -0.3 is 5.32 Å². The van der Waals surface area contributed by atoms with E-state index in [-0.39, 0.29) is 11.9 Å². The molecule has 0 bridgehead atoms. The summed E-state index contributed by atoms with van der Waals surface area (Å²) < 4.78 is 0. The van der Waals surface area contributed by atoms with Crippen molar-refractivity contribution in [2.24, 2.45) is 0 Å². The number of amides is 1. The molecule has 28 heavy (non-hydrogen) atoms. The number of aryl methyl sites for hydroxylation is 1. The number of halogens is 2. The van der Waals surface area contributed by atoms with Crippen molar-refractivity contribution in [2.45, 2.75) is 18.7 Å². The van der Waals surface area contributed by atoms with Crippen molar-refractivity contribution in [1.82, 2.24) is 5.32 Å². The van der Waals surface area contributed by atoms with Crippen LogP contribution in [0.3, 0.4) is 0 Å². The van der Waals surface area contributed by atoms with Gasteiger partial charge >= 0.3 is 0 Å². The summed E-state index contributed by atoms with van der Waals surface area (Å²) in [4.78, 5) is 12.6. The van der Waals surface area contributed by atoms with E-state index in [0.29, 0.717) is 21.6 Å². The maximum Gasteiger partial charge on any atom is 0.230 e. The van der Waals surface area contributed by atoms with Gasteiger partial charge in [0.05, 0.1) is 21.8 Å². The van der Waals surface area contributed by atoms with Crippen molar-refractivity contribution < 1.29 is 4.79 Å². The van der Waals surface area contributed by atoms with Crippen LogP contribution in [0.2, 0.25) is 10.0 Å². The highest BCUT2D eigenvalue weighted by molar-refractivity contribution is 7.99. The summed E-state index contributed by atoms with van der Waals surface area (Å²) in [6.45, 7) is 2.06. The third kappa shape index (κ3) is 5.78. The smallest absolute Gasteiger partial charge is 0.230 e. The van der Waals surface area contributed by atoms with Crippen LogP contribution in [0.25, 0.3) is 0 Å². The number of rotatable bonds is 7. The maximum atomic E-state index is 12.6. The highest BCUT2D eigenvalue weighted by Gasteiger charge is 2.16. The summed E-state index contributed by atoms with van der Waals surface area (Å²) in [6.07, 6.45) is 0. The fourth-order valence-corrected chi connectivity index (χ4v) is 3.96. The Balaban J connectivity index is 1.64. The van der Waals surface area contributed by atoms with Crippen molar-refractivity contribution in [3.8, 4) is 0 Å². The zero-order chi connectivity index (χ0) is 19.9. The first-order valence-corrected chi connectivity index (χ1v) is 10.9. The predicted molar refractivity (Wildman–Crippen MR) is 120 cm³/mol. The lowest BCUT2D eigenvalue weighted by Gasteiger charge is -2.20. The van der Waals surface area contributed by atoms with Crippen molar-refractivity contribution in [3.05, 3.63) is 105 Å². The number of nitrogens with one attached hydrogen (secondary N) is 1. The molecule has 0 unspecified atom stereocenters. The second-order valence-electron chi connectivity index (χ2n) is 6.56. The van der Waals surface area contributed by atoms with Crippen LogP contribution in [0.15, 0.2) is 72.8 Å². The number of carbonyl (C=O) groups excluding carboxylic acids is 1. The van der Waals surface area contributed by atoms with Gasteiger partial charge in [-0.05, 0) is 35.7 Å². The molecule has 3 rings (SSSR count). The molecule has 1 amide bonds. The van der Waals surface area contributed by atoms with E-state index in [4.69, 9.17) is 23.2 Å². The molecule has 2 nitrogen and oxygen atoms in total. The Morgan fingerprint density at radius 2 is 1.61 bits per heavy atom. The molecule has 0 aromatic heterocycles. The molecule has 3 aromatic carbocycles. The minimum Gasteiger partial charge on any atom is -0.344 e. The molecular formula is C23H21Cl2NOS. The van der Waals surface area contributed by atoms with Crippen molar-refractivity contribution in [1.29, 1.82) is 0 Å². The molecule has 144 valence electrons. The average molecular weight is 430 g/mol. The minimum absolute atomic E-state index is 0.000474. The molecule has 1 N–H and O–H groups in total. The van der Waals surface area contributed by atoms with Crippen molar-refractivity contribution in [3.63, 3.8) is 0 Å². The summed E-state index contributed by atoms with van der Waals surface area (Å²) in [7, 11) is 0. The van der Waals surface area contributed by atoms with Gasteiger partial charge in [-0.25, -0.2) is 0 Å². The largest absolute Gasteiger partial charge is 0.344 e. The number of thioether (sulfide) groups is 1. The van der Waals surface area contributed by atoms with E-state index in [9.17, 15) is 4.79 Å². The maximum absolute atomic E-state index is 12.6. The first-order valence-electron chi connectivity index (χ1n) is 8.95. The van der Waals surface area contributed by atoms with Crippen LogP contribution < -0.4 is 5.32 Å². The van der Waals surface area contributed by atoms with Gasteiger partial charge in [0, 0.05) is 5.75 Å². The summed E-state index contributed by atoms with van der Waals surface area (Å²) >= 11 is 13.5. The fourth-order valence-electron chi connectivity index (χ4n) is 2.86. The molecule has 0 aliphatic heterocycles. The van der Waals surface area contributed by atoms with Gasteiger partial charge in [-0.2, -0.15) is 0 Å². The summed E-state index contributed by atoms with van der Waals surface area (Å²) in [5, 5.41) is 4.24. The number of carbonyl (C=O) groups is 1. The lowest BCUT2D eigenvalue weighted by molar-refractivity contribution is -0.119. The second-order valence-corrected chi connectivity index (χ2v) is 8.36. The SMILES string of the molecule is Cc1ccc([C@H](NC(=O)CSCc2ccc(Cl)c(Cl)c2)c2ccccc2)cc1. The molecule has 0 radical (unpaired) electrons. The topological polar surface area (TPSA) is 29.1 Å². The van der Waals surface area contributed by atoms with E-state index in [1.807, 2.05) is 42.5 Å². The molecule has 0 fully saturated rings. The van der Waals surface area contributed by atoms with Crippen molar-refractivity contribution in [2.75, 3.05) is 5.75 Å². The van der Waals surface area contributed by atoms with Crippen molar-refractivity contribution >= 4 is 40.9 Å². The lowest BCUT2D eigenvalue weighted by Crippen LogP contribution is -2.30. The Kier molecular flexibility index (Phi) is 7.43. The van der Waals surface area contributed by atoms with Crippen LogP contribution in [0.4, 0.5) is 0 Å². The summed E-state index contributed by atoms with van der Waals surface area (Å²) in [5.41, 5.74) is 4.37. The highest BCUT2D eigenvalue weighted by Crippen LogP contribution is 2.25. The zero-order valence-corrected chi connectivity index (χ0v) is 17.8. The molecule has 0 aliphatic carbocycles. The third-order valence-corrected chi connectivity index (χ3v) is 6.08. The lowest BCUT2D eigenvalue weighted by atomic mass is 9.98. The molecule has 1 atom stereocenters. The Morgan fingerprint density at radius 1 is 0.929 bits per heavy atom. The molecule has 0 spiro atoms. The molecule has 3 aromatic rings. The van der Waals surface area contributed by atoms with Gasteiger partial charge in [0.1, 0.15) is 0 Å². The highest BCUT2D eigenvalue weighted by atomic mass is 35.5. The Labute approximate surface area is 180 Å². The van der Waals surface area contributed by atoms with Gasteiger partial charge in [-0.3, -0.25) is 4.79 Å². The van der Waals surface area contributed by atoms with E-state index >= 15 is 0 Å². The Bertz CT molecular complexity index is 929. The molecule has 0 aliphatic rings. The van der Waals surface area contributed by atoms with Crippen LogP contribution in [-0.4, -0.2) is 11.7 Å². The zero-order valence-electron chi connectivity index (χ0n) is 15.5. The van der Waals surface area contributed by atoms with Gasteiger partial charge in [0.2, 0.25) is 5.91 Å². The van der Waals surface area contributed by atoms with Crippen LogP contribution >= 0.6 is 35.0 Å². The van der Waals surface area contributed by atoms with Crippen LogP contribution in [0.1, 0.15) is 28.3 Å². The quantitative estimate of drug-likeness (QED) is 0.467. The van der Waals surface area contributed by atoms with Crippen LogP contribution in [0, 0.1) is 6.92 Å². The summed E-state index contributed by atoms with van der Waals surface area (Å²) in [5.74, 6) is 1.07. The standard InChI is InChI=1S/C23H21Cl2NOS/c1-16-7-10-19(11-8-16)23(18-5-3-2-4-6-18)26-22(27)15-28-14-17-9-12-20(24)21(25)13-17/h2-13,23H,14-15H2,1H3,(H,26,27)/t23-/m1/s1. The number of hydrogen-bond donors (Lipinski definition) is 1. The van der Waals surface area contributed by atoms with Crippen LogP contribution in [0.5, 0.6) is 0 Å². The average Bonchev–Trinajstić information content (AvgIpc) is 2.70. The molecule has 0 saturated heterocycles. The van der Waals surface area contributed by atoms with Gasteiger partial charge in [0.25, 0.3) is 0 Å². The first kappa shape index (κ1) is 20.8. The Morgan fingerprint density at radius 3 is 2.29 bits per heavy atom. The number of benzene rings is 3. The second kappa shape index (κ2) is 10.0. The summed E-state index contributed by atoms with van der Waals surface area (Å²) in [6, 6.07) is 23.7. The predicted octanol–water partition coefficient (Wildman–Crippen LogP) is 6.44. The molecule has 0 saturated carbocycles. The van der Waals surface area contributed by atoms with Gasteiger partial charge in [0.15, 0.2) is 0 Å². The monoisotopic (exact) mass is 429 g/mol. The van der Waals surface area contributed by atoms with E-state index in [2.05, 4.69) is 36.5 Å². The number of hydrogen-bond acceptors (Lipinski definition) is 2. The minimum atomic E-state index is -0.167. The molecular weight excluding hydrogens is 409 g/mol. The van der Waals surface area contributed by atoms with E-state index in [1.165, 1.54) is 5.56 Å². The van der Waals surface area contributed by atoms with Crippen LogP contribution in [-0.2, 0) is 10.5 Å². The first-order chi connectivity index (χ1) is 13.5. The van der Waals surface area contributed by atoms with E-state index < -0.39 is 0 Å². The fraction of sp³-hybridized carbons (Fsp3) is 0.174.